The quantitative estimate of drug-likeness (QED) is 0.833. The molecule has 1 aromatic heterocycles. The van der Waals surface area contributed by atoms with E-state index in [4.69, 9.17) is 10.5 Å². The lowest BCUT2D eigenvalue weighted by Crippen LogP contribution is -2.48. The summed E-state index contributed by atoms with van der Waals surface area (Å²) in [4.78, 5) is 4.43. The molecule has 90 valence electrons. The van der Waals surface area contributed by atoms with Gasteiger partial charge >= 0.3 is 0 Å². The molecule has 0 aliphatic carbocycles. The molecule has 1 aliphatic heterocycles. The fourth-order valence-corrected chi connectivity index (χ4v) is 2.58. The monoisotopic (exact) mass is 241 g/mol. The first-order chi connectivity index (χ1) is 7.72. The first kappa shape index (κ1) is 12.0. The molecule has 16 heavy (non-hydrogen) atoms. The molecule has 4 nitrogen and oxygen atoms in total. The summed E-state index contributed by atoms with van der Waals surface area (Å²) in [6.07, 6.45) is 2.30. The highest BCUT2D eigenvalue weighted by molar-refractivity contribution is 7.09. The SMILES string of the molecule is CC1(NCc2csc(CN)n2)CCCOC1. The van der Waals surface area contributed by atoms with Gasteiger partial charge in [-0.2, -0.15) is 0 Å². The molecule has 2 rings (SSSR count). The predicted octanol–water partition coefficient (Wildman–Crippen LogP) is 1.26. The van der Waals surface area contributed by atoms with Crippen molar-refractivity contribution in [3.8, 4) is 0 Å². The first-order valence-electron chi connectivity index (χ1n) is 5.68. The lowest BCUT2D eigenvalue weighted by molar-refractivity contribution is 0.0276. The van der Waals surface area contributed by atoms with Gasteiger partial charge in [-0.3, -0.25) is 0 Å². The molecule has 0 saturated carbocycles. The van der Waals surface area contributed by atoms with Crippen molar-refractivity contribution >= 4 is 11.3 Å². The van der Waals surface area contributed by atoms with Crippen LogP contribution in [-0.2, 0) is 17.8 Å². The molecule has 0 bridgehead atoms. The lowest BCUT2D eigenvalue weighted by Gasteiger charge is -2.34. The van der Waals surface area contributed by atoms with Crippen LogP contribution in [0.1, 0.15) is 30.5 Å². The number of aromatic nitrogens is 1. The number of rotatable bonds is 4. The minimum atomic E-state index is 0.102. The second kappa shape index (κ2) is 5.23. The van der Waals surface area contributed by atoms with Gasteiger partial charge in [0.1, 0.15) is 5.01 Å². The first-order valence-corrected chi connectivity index (χ1v) is 6.56. The van der Waals surface area contributed by atoms with Crippen LogP contribution in [-0.4, -0.2) is 23.7 Å². The highest BCUT2D eigenvalue weighted by atomic mass is 32.1. The summed E-state index contributed by atoms with van der Waals surface area (Å²) in [5.41, 5.74) is 6.72. The normalized spacial score (nSPS) is 25.9. The molecule has 1 aromatic rings. The molecule has 1 unspecified atom stereocenters. The Morgan fingerprint density at radius 3 is 3.19 bits per heavy atom. The zero-order valence-corrected chi connectivity index (χ0v) is 10.5. The molecule has 0 amide bonds. The van der Waals surface area contributed by atoms with E-state index in [0.717, 1.165) is 36.9 Å². The maximum atomic E-state index is 5.54. The Kier molecular flexibility index (Phi) is 3.91. The van der Waals surface area contributed by atoms with E-state index in [1.807, 2.05) is 0 Å². The summed E-state index contributed by atoms with van der Waals surface area (Å²) < 4.78 is 5.50. The molecular weight excluding hydrogens is 222 g/mol. The van der Waals surface area contributed by atoms with Crippen LogP contribution in [0, 0.1) is 0 Å². The van der Waals surface area contributed by atoms with Crippen molar-refractivity contribution in [2.45, 2.75) is 38.4 Å². The summed E-state index contributed by atoms with van der Waals surface area (Å²) in [7, 11) is 0. The van der Waals surface area contributed by atoms with Crippen LogP contribution in [0.15, 0.2) is 5.38 Å². The smallest absolute Gasteiger partial charge is 0.106 e. The molecule has 0 aromatic carbocycles. The number of thiazole rings is 1. The predicted molar refractivity (Wildman–Crippen MR) is 65.3 cm³/mol. The molecule has 2 heterocycles. The Hall–Kier alpha value is -0.490. The molecule has 0 spiro atoms. The van der Waals surface area contributed by atoms with E-state index in [2.05, 4.69) is 22.6 Å². The van der Waals surface area contributed by atoms with Gasteiger partial charge in [0.25, 0.3) is 0 Å². The highest BCUT2D eigenvalue weighted by Gasteiger charge is 2.26. The van der Waals surface area contributed by atoms with Gasteiger partial charge in [-0.1, -0.05) is 0 Å². The van der Waals surface area contributed by atoms with Gasteiger partial charge in [0.05, 0.1) is 12.3 Å². The van der Waals surface area contributed by atoms with Crippen molar-refractivity contribution in [3.63, 3.8) is 0 Å². The number of nitrogens with zero attached hydrogens (tertiary/aromatic N) is 1. The van der Waals surface area contributed by atoms with E-state index in [9.17, 15) is 0 Å². The van der Waals surface area contributed by atoms with Crippen LogP contribution in [0.2, 0.25) is 0 Å². The number of nitrogens with one attached hydrogen (secondary N) is 1. The van der Waals surface area contributed by atoms with Gasteiger partial charge in [0.15, 0.2) is 0 Å². The van der Waals surface area contributed by atoms with Crippen molar-refractivity contribution in [1.29, 1.82) is 0 Å². The molecule has 1 saturated heterocycles. The average molecular weight is 241 g/mol. The van der Waals surface area contributed by atoms with Crippen LogP contribution in [0.5, 0.6) is 0 Å². The Morgan fingerprint density at radius 1 is 1.69 bits per heavy atom. The molecule has 1 aliphatic rings. The summed E-state index contributed by atoms with van der Waals surface area (Å²) in [6.45, 7) is 5.23. The van der Waals surface area contributed by atoms with E-state index in [1.54, 1.807) is 11.3 Å². The largest absolute Gasteiger partial charge is 0.380 e. The van der Waals surface area contributed by atoms with Crippen molar-refractivity contribution in [2.24, 2.45) is 5.73 Å². The van der Waals surface area contributed by atoms with E-state index in [0.29, 0.717) is 6.54 Å². The standard InChI is InChI=1S/C11H19N3OS/c1-11(3-2-4-15-8-11)13-6-9-7-16-10(5-12)14-9/h7,13H,2-6,8,12H2,1H3. The van der Waals surface area contributed by atoms with Crippen LogP contribution >= 0.6 is 11.3 Å². The molecule has 3 N–H and O–H groups in total. The molecule has 1 fully saturated rings. The maximum absolute atomic E-state index is 5.54. The summed E-state index contributed by atoms with van der Waals surface area (Å²) in [6, 6.07) is 0. The molecule has 0 radical (unpaired) electrons. The van der Waals surface area contributed by atoms with Crippen molar-refractivity contribution in [1.82, 2.24) is 10.3 Å². The third kappa shape index (κ3) is 3.01. The Morgan fingerprint density at radius 2 is 2.56 bits per heavy atom. The maximum Gasteiger partial charge on any atom is 0.106 e. The van der Waals surface area contributed by atoms with Crippen LogP contribution in [0.25, 0.3) is 0 Å². The minimum Gasteiger partial charge on any atom is -0.380 e. The Bertz CT molecular complexity index is 334. The lowest BCUT2D eigenvalue weighted by atomic mass is 9.95. The molecular formula is C11H19N3OS. The van der Waals surface area contributed by atoms with Crippen molar-refractivity contribution < 1.29 is 4.74 Å². The van der Waals surface area contributed by atoms with E-state index in [1.165, 1.54) is 6.42 Å². The number of hydrogen-bond acceptors (Lipinski definition) is 5. The highest BCUT2D eigenvalue weighted by Crippen LogP contribution is 2.19. The van der Waals surface area contributed by atoms with E-state index < -0.39 is 0 Å². The van der Waals surface area contributed by atoms with Crippen molar-refractivity contribution in [3.05, 3.63) is 16.1 Å². The van der Waals surface area contributed by atoms with E-state index in [-0.39, 0.29) is 5.54 Å². The average Bonchev–Trinajstić information content (AvgIpc) is 2.75. The Balaban J connectivity index is 1.86. The zero-order valence-electron chi connectivity index (χ0n) is 9.66. The topological polar surface area (TPSA) is 60.2 Å². The third-order valence-electron chi connectivity index (χ3n) is 2.91. The Labute approximate surface area is 100 Å². The van der Waals surface area contributed by atoms with Gasteiger partial charge in [0, 0.05) is 30.6 Å². The minimum absolute atomic E-state index is 0.102. The second-order valence-electron chi connectivity index (χ2n) is 4.51. The van der Waals surface area contributed by atoms with Gasteiger partial charge in [-0.25, -0.2) is 4.98 Å². The second-order valence-corrected chi connectivity index (χ2v) is 5.45. The zero-order chi connectivity index (χ0) is 11.4. The number of hydrogen-bond donors (Lipinski definition) is 2. The molecule has 5 heteroatoms. The van der Waals surface area contributed by atoms with Gasteiger partial charge in [-0.15, -0.1) is 11.3 Å². The van der Waals surface area contributed by atoms with Gasteiger partial charge < -0.3 is 15.8 Å². The van der Waals surface area contributed by atoms with Crippen LogP contribution in [0.4, 0.5) is 0 Å². The van der Waals surface area contributed by atoms with Crippen LogP contribution in [0.3, 0.4) is 0 Å². The summed E-state index contributed by atoms with van der Waals surface area (Å²) >= 11 is 1.63. The van der Waals surface area contributed by atoms with Crippen molar-refractivity contribution in [2.75, 3.05) is 13.2 Å². The van der Waals surface area contributed by atoms with Crippen LogP contribution < -0.4 is 11.1 Å². The van der Waals surface area contributed by atoms with Gasteiger partial charge in [0.2, 0.25) is 0 Å². The molecule has 1 atom stereocenters. The number of nitrogens with two attached hydrogens (primary N) is 1. The fourth-order valence-electron chi connectivity index (χ4n) is 1.90. The third-order valence-corrected chi connectivity index (χ3v) is 3.83. The fraction of sp³-hybridized carbons (Fsp3) is 0.727. The number of ether oxygens (including phenoxy) is 1. The van der Waals surface area contributed by atoms with E-state index >= 15 is 0 Å². The summed E-state index contributed by atoms with van der Waals surface area (Å²) in [5, 5.41) is 6.60. The summed E-state index contributed by atoms with van der Waals surface area (Å²) in [5.74, 6) is 0. The van der Waals surface area contributed by atoms with Gasteiger partial charge in [-0.05, 0) is 19.8 Å².